The lowest BCUT2D eigenvalue weighted by molar-refractivity contribution is -0.317. The number of hydrogen-bond acceptors (Lipinski definition) is 4. The fraction of sp³-hybridized carbons (Fsp3) is 0.556. The largest absolute Gasteiger partial charge is 0.479 e. The fourth-order valence-corrected chi connectivity index (χ4v) is 4.05. The molecule has 1 amide bonds. The molecule has 0 aromatic heterocycles. The summed E-state index contributed by atoms with van der Waals surface area (Å²) < 4.78 is 47.0. The van der Waals surface area contributed by atoms with E-state index >= 15 is 0 Å². The van der Waals surface area contributed by atoms with Gasteiger partial charge in [0.2, 0.25) is 0 Å². The SMILES string of the molecule is C[C@H](Oc1ccc(Cl)cc1Cl)C(=O)N1N=C2CCCCC[C@H]2[C@]1(O)C(F)(F)F. The van der Waals surface area contributed by atoms with Crippen LogP contribution in [0, 0.1) is 5.92 Å². The molecule has 0 saturated heterocycles. The van der Waals surface area contributed by atoms with Crippen LogP contribution in [0.2, 0.25) is 10.0 Å². The summed E-state index contributed by atoms with van der Waals surface area (Å²) in [7, 11) is 0. The van der Waals surface area contributed by atoms with Crippen molar-refractivity contribution in [3.63, 3.8) is 0 Å². The van der Waals surface area contributed by atoms with E-state index in [0.29, 0.717) is 24.3 Å². The van der Waals surface area contributed by atoms with Crippen LogP contribution in [0.4, 0.5) is 13.2 Å². The van der Waals surface area contributed by atoms with Crippen molar-refractivity contribution in [2.75, 3.05) is 0 Å². The molecule has 0 spiro atoms. The lowest BCUT2D eigenvalue weighted by Gasteiger charge is -2.37. The van der Waals surface area contributed by atoms with Crippen LogP contribution in [-0.2, 0) is 4.79 Å². The van der Waals surface area contributed by atoms with Crippen molar-refractivity contribution >= 4 is 34.8 Å². The molecule has 10 heteroatoms. The summed E-state index contributed by atoms with van der Waals surface area (Å²) in [6.07, 6.45) is -4.07. The van der Waals surface area contributed by atoms with E-state index < -0.39 is 29.8 Å². The average Bonchev–Trinajstić information content (AvgIpc) is 2.76. The van der Waals surface area contributed by atoms with Crippen molar-refractivity contribution in [1.29, 1.82) is 0 Å². The highest BCUT2D eigenvalue weighted by Gasteiger charge is 2.68. The van der Waals surface area contributed by atoms with Crippen molar-refractivity contribution in [3.8, 4) is 5.75 Å². The molecule has 154 valence electrons. The molecule has 1 aromatic carbocycles. The molecule has 1 saturated carbocycles. The summed E-state index contributed by atoms with van der Waals surface area (Å²) >= 11 is 11.8. The van der Waals surface area contributed by atoms with Crippen LogP contribution in [-0.4, -0.2) is 39.7 Å². The van der Waals surface area contributed by atoms with Gasteiger partial charge in [0.25, 0.3) is 11.6 Å². The topological polar surface area (TPSA) is 62.1 Å². The normalized spacial score (nSPS) is 26.3. The zero-order valence-electron chi connectivity index (χ0n) is 15.0. The Labute approximate surface area is 170 Å². The number of halogens is 5. The molecule has 1 N–H and O–H groups in total. The smallest absolute Gasteiger partial charge is 0.439 e. The number of aliphatic hydroxyl groups is 1. The molecule has 1 heterocycles. The molecule has 0 unspecified atom stereocenters. The van der Waals surface area contributed by atoms with Crippen molar-refractivity contribution in [1.82, 2.24) is 5.01 Å². The number of ether oxygens (including phenoxy) is 1. The molecule has 1 aromatic rings. The maximum Gasteiger partial charge on any atom is 0.439 e. The highest BCUT2D eigenvalue weighted by Crippen LogP contribution is 2.47. The van der Waals surface area contributed by atoms with Crippen molar-refractivity contribution in [3.05, 3.63) is 28.2 Å². The van der Waals surface area contributed by atoms with Gasteiger partial charge in [-0.1, -0.05) is 36.0 Å². The first kappa shape index (κ1) is 21.2. The quantitative estimate of drug-likeness (QED) is 0.737. The van der Waals surface area contributed by atoms with Gasteiger partial charge in [-0.25, -0.2) is 0 Å². The van der Waals surface area contributed by atoms with E-state index in [9.17, 15) is 23.1 Å². The molecule has 5 nitrogen and oxygen atoms in total. The van der Waals surface area contributed by atoms with Crippen molar-refractivity contribution in [2.24, 2.45) is 11.0 Å². The molecule has 2 aliphatic rings. The van der Waals surface area contributed by atoms with Gasteiger partial charge in [0, 0.05) is 10.7 Å². The van der Waals surface area contributed by atoms with E-state index in [4.69, 9.17) is 27.9 Å². The van der Waals surface area contributed by atoms with Crippen LogP contribution in [0.15, 0.2) is 23.3 Å². The Morgan fingerprint density at radius 2 is 2.07 bits per heavy atom. The number of alkyl halides is 3. The van der Waals surface area contributed by atoms with Crippen LogP contribution in [0.3, 0.4) is 0 Å². The Morgan fingerprint density at radius 3 is 2.71 bits per heavy atom. The first-order valence-corrected chi connectivity index (χ1v) is 9.63. The third-order valence-electron chi connectivity index (χ3n) is 5.04. The van der Waals surface area contributed by atoms with E-state index in [2.05, 4.69) is 5.10 Å². The number of hydrogen-bond donors (Lipinski definition) is 1. The lowest BCUT2D eigenvalue weighted by Crippen LogP contribution is -2.62. The van der Waals surface area contributed by atoms with Gasteiger partial charge in [0.15, 0.2) is 6.10 Å². The highest BCUT2D eigenvalue weighted by molar-refractivity contribution is 6.35. The zero-order chi connectivity index (χ0) is 20.7. The fourth-order valence-electron chi connectivity index (χ4n) is 3.60. The van der Waals surface area contributed by atoms with E-state index in [-0.39, 0.29) is 27.9 Å². The monoisotopic (exact) mass is 438 g/mol. The lowest BCUT2D eigenvalue weighted by atomic mass is 9.87. The van der Waals surface area contributed by atoms with Gasteiger partial charge in [-0.2, -0.15) is 23.3 Å². The minimum atomic E-state index is -5.07. The predicted octanol–water partition coefficient (Wildman–Crippen LogP) is 4.79. The summed E-state index contributed by atoms with van der Waals surface area (Å²) in [5.41, 5.74) is -3.19. The van der Waals surface area contributed by atoms with Gasteiger partial charge >= 0.3 is 6.18 Å². The second-order valence-electron chi connectivity index (χ2n) is 6.95. The number of carbonyl (C=O) groups excluding carboxylic acids is 1. The number of rotatable bonds is 3. The second-order valence-corrected chi connectivity index (χ2v) is 7.80. The maximum atomic E-state index is 13.9. The number of nitrogens with zero attached hydrogens (tertiary/aromatic N) is 2. The summed E-state index contributed by atoms with van der Waals surface area (Å²) in [5, 5.41) is 15.1. The van der Waals surface area contributed by atoms with Gasteiger partial charge in [-0.15, -0.1) is 0 Å². The molecule has 3 atom stereocenters. The van der Waals surface area contributed by atoms with Crippen molar-refractivity contribution < 1.29 is 27.8 Å². The Bertz CT molecular complexity index is 803. The summed E-state index contributed by atoms with van der Waals surface area (Å²) in [4.78, 5) is 12.8. The Hall–Kier alpha value is -1.51. The highest BCUT2D eigenvalue weighted by atomic mass is 35.5. The van der Waals surface area contributed by atoms with E-state index in [1.165, 1.54) is 25.1 Å². The number of amides is 1. The molecule has 3 rings (SSSR count). The molecule has 0 radical (unpaired) electrons. The number of benzene rings is 1. The molecule has 1 aliphatic heterocycles. The first-order valence-electron chi connectivity index (χ1n) is 8.88. The van der Waals surface area contributed by atoms with Crippen LogP contribution in [0.25, 0.3) is 0 Å². The van der Waals surface area contributed by atoms with E-state index in [1.54, 1.807) is 0 Å². The molecular formula is C18H19Cl2F3N2O3. The number of fused-ring (bicyclic) bond motifs is 1. The van der Waals surface area contributed by atoms with Gasteiger partial charge in [-0.3, -0.25) is 4.79 Å². The first-order chi connectivity index (χ1) is 13.1. The molecule has 1 aliphatic carbocycles. The van der Waals surface area contributed by atoms with Crippen LogP contribution in [0.1, 0.15) is 39.0 Å². The number of carbonyl (C=O) groups is 1. The predicted molar refractivity (Wildman–Crippen MR) is 98.4 cm³/mol. The Kier molecular flexibility index (Phi) is 5.85. The van der Waals surface area contributed by atoms with Gasteiger partial charge in [0.05, 0.1) is 10.9 Å². The maximum absolute atomic E-state index is 13.9. The zero-order valence-corrected chi connectivity index (χ0v) is 16.5. The average molecular weight is 439 g/mol. The van der Waals surface area contributed by atoms with Crippen LogP contribution < -0.4 is 4.74 Å². The van der Waals surface area contributed by atoms with E-state index in [0.717, 1.165) is 6.42 Å². The van der Waals surface area contributed by atoms with Crippen molar-refractivity contribution in [2.45, 2.75) is 57.0 Å². The van der Waals surface area contributed by atoms with Gasteiger partial charge in [0.1, 0.15) is 5.75 Å². The Morgan fingerprint density at radius 1 is 1.36 bits per heavy atom. The number of hydrazone groups is 1. The standard InChI is InChI=1S/C18H19Cl2F3N2O3/c1-10(28-15-8-7-11(19)9-13(15)20)16(26)25-17(27,18(21,22)23)12-5-3-2-4-6-14(12)24-25/h7-10,12,27H,2-6H2,1H3/t10-,12+,17-/m0/s1. The third kappa shape index (κ3) is 3.69. The van der Waals surface area contributed by atoms with E-state index in [1.807, 2.05) is 0 Å². The summed E-state index contributed by atoms with van der Waals surface area (Å²) in [5.74, 6) is -2.29. The summed E-state index contributed by atoms with van der Waals surface area (Å²) in [6, 6.07) is 4.26. The summed E-state index contributed by atoms with van der Waals surface area (Å²) in [6.45, 7) is 1.28. The van der Waals surface area contributed by atoms with Gasteiger partial charge < -0.3 is 9.84 Å². The van der Waals surface area contributed by atoms with Crippen LogP contribution >= 0.6 is 23.2 Å². The molecule has 0 bridgehead atoms. The molecular weight excluding hydrogens is 420 g/mol. The molecule has 28 heavy (non-hydrogen) atoms. The van der Waals surface area contributed by atoms with Crippen LogP contribution in [0.5, 0.6) is 5.75 Å². The minimum absolute atomic E-state index is 0.0866. The third-order valence-corrected chi connectivity index (χ3v) is 5.57. The Balaban J connectivity index is 1.89. The molecule has 1 fully saturated rings. The minimum Gasteiger partial charge on any atom is -0.479 e. The van der Waals surface area contributed by atoms with Gasteiger partial charge in [-0.05, 0) is 44.4 Å². The second kappa shape index (κ2) is 7.72.